The smallest absolute Gasteiger partial charge is 0.410 e. The number of ether oxygens (including phenoxy) is 3. The minimum Gasteiger partial charge on any atom is -0.468 e. The highest BCUT2D eigenvalue weighted by molar-refractivity contribution is 5.85. The van der Waals surface area contributed by atoms with Crippen LogP contribution in [-0.2, 0) is 48.3 Å². The Labute approximate surface area is 219 Å². The number of nitrogens with one attached hydrogen (secondary N) is 2. The Bertz CT molecular complexity index is 1130. The lowest BCUT2D eigenvalue weighted by molar-refractivity contribution is -0.141. The summed E-state index contributed by atoms with van der Waals surface area (Å²) in [7, 11) is 1.20. The van der Waals surface area contributed by atoms with Crippen molar-refractivity contribution in [3.63, 3.8) is 0 Å². The number of carbonyl (C=O) groups excluding carboxylic acids is 4. The van der Waals surface area contributed by atoms with Gasteiger partial charge in [0.2, 0.25) is 5.91 Å². The Kier molecular flexibility index (Phi) is 9.73. The topological polar surface area (TPSA) is 180 Å². The van der Waals surface area contributed by atoms with Crippen molar-refractivity contribution in [3.05, 3.63) is 47.5 Å². The third-order valence-corrected chi connectivity index (χ3v) is 5.62. The number of hydrogen-bond acceptors (Lipinski definition) is 10. The van der Waals surface area contributed by atoms with E-state index in [-0.39, 0.29) is 32.1 Å². The van der Waals surface area contributed by atoms with Crippen molar-refractivity contribution in [2.24, 2.45) is 5.73 Å². The lowest BCUT2D eigenvalue weighted by Gasteiger charge is -2.29. The predicted molar refractivity (Wildman–Crippen MR) is 132 cm³/mol. The van der Waals surface area contributed by atoms with E-state index in [4.69, 9.17) is 15.2 Å². The van der Waals surface area contributed by atoms with Crippen molar-refractivity contribution in [1.29, 1.82) is 0 Å². The van der Waals surface area contributed by atoms with Gasteiger partial charge in [0.1, 0.15) is 12.6 Å². The Morgan fingerprint density at radius 2 is 1.87 bits per heavy atom. The molecule has 0 radical (unpaired) electrons. The molecule has 1 aromatic carbocycles. The molecule has 0 unspecified atom stereocenters. The summed E-state index contributed by atoms with van der Waals surface area (Å²) >= 11 is 0. The molecule has 14 nitrogen and oxygen atoms in total. The van der Waals surface area contributed by atoms with Crippen molar-refractivity contribution in [1.82, 2.24) is 30.3 Å². The third-order valence-electron chi connectivity index (χ3n) is 5.62. The van der Waals surface area contributed by atoms with Crippen molar-refractivity contribution in [2.45, 2.75) is 45.1 Å². The van der Waals surface area contributed by atoms with Crippen molar-refractivity contribution in [3.8, 4) is 0 Å². The summed E-state index contributed by atoms with van der Waals surface area (Å²) in [5, 5.41) is 13.6. The SMILES string of the molecule is COC(=O)CNC(=O)COC(=O)N1CCn2c(nnc2[C@@H](COCc2ccccc2)NC(=O)C(C)(C)N)C1. The van der Waals surface area contributed by atoms with Gasteiger partial charge in [0.25, 0.3) is 5.91 Å². The number of nitrogens with two attached hydrogens (primary N) is 1. The molecule has 0 aliphatic carbocycles. The molecule has 0 bridgehead atoms. The van der Waals surface area contributed by atoms with Gasteiger partial charge < -0.3 is 35.1 Å². The van der Waals surface area contributed by atoms with Crippen LogP contribution in [0, 0.1) is 0 Å². The molecule has 1 atom stereocenters. The molecule has 1 aliphatic heterocycles. The standard InChI is InChI=1S/C24H33N7O7/c1-24(2,25)22(34)27-17(14-37-13-16-7-5-4-6-8-16)21-29-28-18-12-30(9-10-31(18)21)23(35)38-15-19(32)26-11-20(33)36-3/h4-8,17H,9-15,25H2,1-3H3,(H,26,32)(H,27,34)/t17-/m1/s1. The van der Waals surface area contributed by atoms with Crippen LogP contribution in [0.5, 0.6) is 0 Å². The maximum atomic E-state index is 12.7. The summed E-state index contributed by atoms with van der Waals surface area (Å²) in [6, 6.07) is 8.98. The Hall–Kier alpha value is -4.04. The lowest BCUT2D eigenvalue weighted by Crippen LogP contribution is -2.51. The fraction of sp³-hybridized carbons (Fsp3) is 0.500. The highest BCUT2D eigenvalue weighted by Gasteiger charge is 2.32. The fourth-order valence-corrected chi connectivity index (χ4v) is 3.50. The van der Waals surface area contributed by atoms with Gasteiger partial charge in [0.15, 0.2) is 18.3 Å². The molecule has 38 heavy (non-hydrogen) atoms. The van der Waals surface area contributed by atoms with E-state index in [2.05, 4.69) is 25.6 Å². The molecule has 0 saturated heterocycles. The Morgan fingerprint density at radius 1 is 1.13 bits per heavy atom. The maximum Gasteiger partial charge on any atom is 0.410 e. The average molecular weight is 532 g/mol. The monoisotopic (exact) mass is 531 g/mol. The number of fused-ring (bicyclic) bond motifs is 1. The van der Waals surface area contributed by atoms with Crippen molar-refractivity contribution >= 4 is 23.9 Å². The van der Waals surface area contributed by atoms with Crippen LogP contribution in [0.2, 0.25) is 0 Å². The summed E-state index contributed by atoms with van der Waals surface area (Å²) < 4.78 is 17.2. The molecule has 2 heterocycles. The summed E-state index contributed by atoms with van der Waals surface area (Å²) in [5.74, 6) is -0.683. The van der Waals surface area contributed by atoms with E-state index in [1.165, 1.54) is 12.0 Å². The van der Waals surface area contributed by atoms with Crippen molar-refractivity contribution < 1.29 is 33.4 Å². The normalized spacial score (nSPS) is 13.7. The van der Waals surface area contributed by atoms with Crippen LogP contribution < -0.4 is 16.4 Å². The van der Waals surface area contributed by atoms with Gasteiger partial charge >= 0.3 is 12.1 Å². The highest BCUT2D eigenvalue weighted by Crippen LogP contribution is 2.20. The molecule has 0 fully saturated rings. The number of aromatic nitrogens is 3. The van der Waals surface area contributed by atoms with E-state index in [0.29, 0.717) is 24.8 Å². The molecule has 0 saturated carbocycles. The van der Waals surface area contributed by atoms with Crippen LogP contribution >= 0.6 is 0 Å². The average Bonchev–Trinajstić information content (AvgIpc) is 3.33. The summed E-state index contributed by atoms with van der Waals surface area (Å²) in [6.45, 7) is 3.47. The van der Waals surface area contributed by atoms with Crippen LogP contribution in [0.25, 0.3) is 0 Å². The van der Waals surface area contributed by atoms with Crippen LogP contribution in [-0.4, -0.2) is 82.5 Å². The van der Waals surface area contributed by atoms with E-state index < -0.39 is 36.2 Å². The van der Waals surface area contributed by atoms with Crippen LogP contribution in [0.15, 0.2) is 30.3 Å². The first-order valence-corrected chi connectivity index (χ1v) is 12.0. The van der Waals surface area contributed by atoms with E-state index in [0.717, 1.165) is 5.56 Å². The van der Waals surface area contributed by atoms with E-state index in [1.807, 2.05) is 34.9 Å². The number of amides is 3. The first-order valence-electron chi connectivity index (χ1n) is 12.0. The zero-order valence-electron chi connectivity index (χ0n) is 21.6. The molecular weight excluding hydrogens is 498 g/mol. The van der Waals surface area contributed by atoms with Crippen LogP contribution in [0.3, 0.4) is 0 Å². The second-order valence-corrected chi connectivity index (χ2v) is 9.20. The summed E-state index contributed by atoms with van der Waals surface area (Å²) in [4.78, 5) is 49.4. The second kappa shape index (κ2) is 13.0. The van der Waals surface area contributed by atoms with Gasteiger partial charge in [-0.05, 0) is 19.4 Å². The predicted octanol–water partition coefficient (Wildman–Crippen LogP) is -0.369. The van der Waals surface area contributed by atoms with Gasteiger partial charge in [-0.2, -0.15) is 0 Å². The molecule has 14 heteroatoms. The number of carbonyl (C=O) groups is 4. The number of hydrogen-bond donors (Lipinski definition) is 3. The third kappa shape index (κ3) is 7.98. The number of esters is 1. The Morgan fingerprint density at radius 3 is 2.55 bits per heavy atom. The minimum atomic E-state index is -1.12. The lowest BCUT2D eigenvalue weighted by atomic mass is 10.1. The molecule has 1 aromatic heterocycles. The number of rotatable bonds is 11. The molecule has 206 valence electrons. The van der Waals surface area contributed by atoms with Gasteiger partial charge in [-0.1, -0.05) is 30.3 Å². The quantitative estimate of drug-likeness (QED) is 0.324. The largest absolute Gasteiger partial charge is 0.468 e. The number of nitrogens with zero attached hydrogens (tertiary/aromatic N) is 4. The highest BCUT2D eigenvalue weighted by atomic mass is 16.6. The molecule has 1 aliphatic rings. The minimum absolute atomic E-state index is 0.0868. The second-order valence-electron chi connectivity index (χ2n) is 9.20. The first-order chi connectivity index (χ1) is 18.1. The molecule has 3 rings (SSSR count). The number of methoxy groups -OCH3 is 1. The van der Waals surface area contributed by atoms with Crippen molar-refractivity contribution in [2.75, 3.05) is 33.4 Å². The van der Waals surface area contributed by atoms with E-state index in [9.17, 15) is 19.2 Å². The van der Waals surface area contributed by atoms with Gasteiger partial charge in [-0.3, -0.25) is 19.3 Å². The molecule has 0 spiro atoms. The van der Waals surface area contributed by atoms with Crippen LogP contribution in [0.1, 0.15) is 37.1 Å². The van der Waals surface area contributed by atoms with Gasteiger partial charge in [0, 0.05) is 13.1 Å². The van der Waals surface area contributed by atoms with E-state index >= 15 is 0 Å². The fourth-order valence-electron chi connectivity index (χ4n) is 3.50. The zero-order valence-corrected chi connectivity index (χ0v) is 21.6. The van der Waals surface area contributed by atoms with Crippen LogP contribution in [0.4, 0.5) is 4.79 Å². The molecule has 4 N–H and O–H groups in total. The van der Waals surface area contributed by atoms with Gasteiger partial charge in [0.05, 0.1) is 32.4 Å². The zero-order chi connectivity index (χ0) is 27.7. The molecular formula is C24H33N7O7. The molecule has 3 amide bonds. The van der Waals surface area contributed by atoms with Gasteiger partial charge in [-0.15, -0.1) is 10.2 Å². The Balaban J connectivity index is 1.62. The molecule has 2 aromatic rings. The first kappa shape index (κ1) is 28.5. The summed E-state index contributed by atoms with van der Waals surface area (Å²) in [5.41, 5.74) is 5.84. The van der Waals surface area contributed by atoms with E-state index in [1.54, 1.807) is 13.8 Å². The van der Waals surface area contributed by atoms with Gasteiger partial charge in [-0.25, -0.2) is 4.79 Å². The number of benzene rings is 1. The maximum absolute atomic E-state index is 12.7. The summed E-state index contributed by atoms with van der Waals surface area (Å²) in [6.07, 6.45) is -0.713.